The number of benzene rings is 1. The third kappa shape index (κ3) is 3.47. The normalized spacial score (nSPS) is 19.8. The van der Waals surface area contributed by atoms with Crippen LogP contribution in [0.5, 0.6) is 0 Å². The van der Waals surface area contributed by atoms with Gasteiger partial charge in [0, 0.05) is 31.4 Å². The van der Waals surface area contributed by atoms with E-state index in [0.29, 0.717) is 19.0 Å². The number of carbonyl (C=O) groups is 1. The summed E-state index contributed by atoms with van der Waals surface area (Å²) in [7, 11) is 0. The summed E-state index contributed by atoms with van der Waals surface area (Å²) in [6.07, 6.45) is 5.10. The summed E-state index contributed by atoms with van der Waals surface area (Å²) in [5.74, 6) is 0.147. The van der Waals surface area contributed by atoms with Gasteiger partial charge in [-0.2, -0.15) is 0 Å². The van der Waals surface area contributed by atoms with Crippen LogP contribution in [0, 0.1) is 0 Å². The highest BCUT2D eigenvalue weighted by Gasteiger charge is 2.22. The van der Waals surface area contributed by atoms with E-state index in [4.69, 9.17) is 0 Å². The number of carbonyl (C=O) groups excluding carboxylic acids is 1. The van der Waals surface area contributed by atoms with Crippen LogP contribution in [0.4, 0.5) is 0 Å². The number of amides is 1. The molecular weight excluding hydrogens is 262 g/mol. The quantitative estimate of drug-likeness (QED) is 0.901. The number of pyridine rings is 1. The standard InChI is InChI=1S/C17H19N3O/c21-16-7-6-15(12-19-16)20-17(13-4-2-1-3-5-13)14-8-10-18-11-9-14/h1-5,8-11,15,17,20H,6-7,12H2,(H,19,21). The molecule has 2 N–H and O–H groups in total. The molecule has 1 saturated heterocycles. The molecule has 1 fully saturated rings. The molecule has 1 aliphatic rings. The first-order valence-corrected chi connectivity index (χ1v) is 7.30. The molecule has 2 atom stereocenters. The number of nitrogens with one attached hydrogen (secondary N) is 2. The Kier molecular flexibility index (Phi) is 4.26. The molecule has 21 heavy (non-hydrogen) atoms. The van der Waals surface area contributed by atoms with E-state index in [0.717, 1.165) is 6.42 Å². The van der Waals surface area contributed by atoms with Gasteiger partial charge in [-0.15, -0.1) is 0 Å². The topological polar surface area (TPSA) is 54.0 Å². The Balaban J connectivity index is 1.81. The summed E-state index contributed by atoms with van der Waals surface area (Å²) in [4.78, 5) is 15.4. The van der Waals surface area contributed by atoms with Gasteiger partial charge in [-0.1, -0.05) is 30.3 Å². The summed E-state index contributed by atoms with van der Waals surface area (Å²) >= 11 is 0. The van der Waals surface area contributed by atoms with Gasteiger partial charge in [-0.3, -0.25) is 9.78 Å². The van der Waals surface area contributed by atoms with Crippen LogP contribution in [0.2, 0.25) is 0 Å². The minimum atomic E-state index is 0.120. The van der Waals surface area contributed by atoms with Crippen molar-refractivity contribution in [1.29, 1.82) is 0 Å². The average Bonchev–Trinajstić information content (AvgIpc) is 2.56. The van der Waals surface area contributed by atoms with Crippen molar-refractivity contribution in [3.63, 3.8) is 0 Å². The largest absolute Gasteiger partial charge is 0.355 e. The molecule has 1 aliphatic heterocycles. The van der Waals surface area contributed by atoms with Crippen molar-refractivity contribution in [3.8, 4) is 0 Å². The van der Waals surface area contributed by atoms with Crippen LogP contribution in [0.1, 0.15) is 30.0 Å². The van der Waals surface area contributed by atoms with Gasteiger partial charge in [0.05, 0.1) is 6.04 Å². The average molecular weight is 281 g/mol. The Hall–Kier alpha value is -2.20. The van der Waals surface area contributed by atoms with Gasteiger partial charge < -0.3 is 10.6 Å². The highest BCUT2D eigenvalue weighted by molar-refractivity contribution is 5.76. The third-order valence-electron chi connectivity index (χ3n) is 3.84. The minimum Gasteiger partial charge on any atom is -0.355 e. The fraction of sp³-hybridized carbons (Fsp3) is 0.294. The number of rotatable bonds is 4. The maximum Gasteiger partial charge on any atom is 0.220 e. The van der Waals surface area contributed by atoms with Gasteiger partial charge in [0.25, 0.3) is 0 Å². The lowest BCUT2D eigenvalue weighted by atomic mass is 9.97. The fourth-order valence-electron chi connectivity index (χ4n) is 2.70. The lowest BCUT2D eigenvalue weighted by molar-refractivity contribution is -0.122. The third-order valence-corrected chi connectivity index (χ3v) is 3.84. The van der Waals surface area contributed by atoms with Crippen molar-refractivity contribution in [2.75, 3.05) is 6.54 Å². The van der Waals surface area contributed by atoms with Gasteiger partial charge >= 0.3 is 0 Å². The van der Waals surface area contributed by atoms with Gasteiger partial charge in [-0.25, -0.2) is 0 Å². The number of hydrogen-bond donors (Lipinski definition) is 2. The Morgan fingerprint density at radius 2 is 1.81 bits per heavy atom. The fourth-order valence-corrected chi connectivity index (χ4v) is 2.70. The molecule has 4 nitrogen and oxygen atoms in total. The van der Waals surface area contributed by atoms with E-state index < -0.39 is 0 Å². The monoisotopic (exact) mass is 281 g/mol. The highest BCUT2D eigenvalue weighted by Crippen LogP contribution is 2.23. The van der Waals surface area contributed by atoms with E-state index in [2.05, 4.69) is 27.8 Å². The van der Waals surface area contributed by atoms with E-state index in [1.54, 1.807) is 0 Å². The van der Waals surface area contributed by atoms with E-state index >= 15 is 0 Å². The molecule has 1 aromatic carbocycles. The molecule has 2 unspecified atom stereocenters. The second-order valence-electron chi connectivity index (χ2n) is 5.33. The second kappa shape index (κ2) is 6.50. The number of piperidine rings is 1. The Morgan fingerprint density at radius 3 is 2.48 bits per heavy atom. The number of aromatic nitrogens is 1. The first-order valence-electron chi connectivity index (χ1n) is 7.30. The molecule has 0 spiro atoms. The van der Waals surface area contributed by atoms with Crippen LogP contribution in [-0.2, 0) is 4.79 Å². The molecule has 2 aromatic rings. The van der Waals surface area contributed by atoms with Crippen LogP contribution < -0.4 is 10.6 Å². The molecule has 0 bridgehead atoms. The van der Waals surface area contributed by atoms with E-state index in [-0.39, 0.29) is 11.9 Å². The van der Waals surface area contributed by atoms with Gasteiger partial charge in [-0.05, 0) is 29.7 Å². The molecule has 1 amide bonds. The summed E-state index contributed by atoms with van der Waals surface area (Å²) in [5, 5.41) is 6.59. The molecule has 0 aliphatic carbocycles. The van der Waals surface area contributed by atoms with Crippen LogP contribution in [0.25, 0.3) is 0 Å². The summed E-state index contributed by atoms with van der Waals surface area (Å²) in [6, 6.07) is 14.8. The van der Waals surface area contributed by atoms with Gasteiger partial charge in [0.2, 0.25) is 5.91 Å². The lowest BCUT2D eigenvalue weighted by Crippen LogP contribution is -2.47. The minimum absolute atomic E-state index is 0.120. The molecule has 4 heteroatoms. The van der Waals surface area contributed by atoms with Gasteiger partial charge in [0.1, 0.15) is 0 Å². The molecular formula is C17H19N3O. The number of hydrogen-bond acceptors (Lipinski definition) is 3. The SMILES string of the molecule is O=C1CCC(NC(c2ccccc2)c2ccncc2)CN1. The van der Waals surface area contributed by atoms with Crippen molar-refractivity contribution in [2.45, 2.75) is 24.9 Å². The smallest absolute Gasteiger partial charge is 0.220 e. The van der Waals surface area contributed by atoms with Crippen molar-refractivity contribution in [1.82, 2.24) is 15.6 Å². The van der Waals surface area contributed by atoms with Crippen LogP contribution >= 0.6 is 0 Å². The van der Waals surface area contributed by atoms with Crippen molar-refractivity contribution < 1.29 is 4.79 Å². The molecule has 1 aromatic heterocycles. The predicted octanol–water partition coefficient (Wildman–Crippen LogP) is 2.04. The summed E-state index contributed by atoms with van der Waals surface area (Å²) in [5.41, 5.74) is 2.41. The Bertz CT molecular complexity index is 536. The van der Waals surface area contributed by atoms with Crippen molar-refractivity contribution >= 4 is 5.91 Å². The maximum absolute atomic E-state index is 11.3. The van der Waals surface area contributed by atoms with Crippen LogP contribution in [0.15, 0.2) is 54.9 Å². The molecule has 0 saturated carbocycles. The molecule has 108 valence electrons. The lowest BCUT2D eigenvalue weighted by Gasteiger charge is -2.29. The molecule has 3 rings (SSSR count). The Labute approximate surface area is 124 Å². The zero-order chi connectivity index (χ0) is 14.5. The first-order chi connectivity index (χ1) is 10.3. The van der Waals surface area contributed by atoms with Crippen LogP contribution in [-0.4, -0.2) is 23.5 Å². The van der Waals surface area contributed by atoms with E-state index in [1.807, 2.05) is 42.7 Å². The van der Waals surface area contributed by atoms with E-state index in [9.17, 15) is 4.79 Å². The van der Waals surface area contributed by atoms with E-state index in [1.165, 1.54) is 11.1 Å². The second-order valence-corrected chi connectivity index (χ2v) is 5.33. The number of nitrogens with zero attached hydrogens (tertiary/aromatic N) is 1. The Morgan fingerprint density at radius 1 is 1.10 bits per heavy atom. The van der Waals surface area contributed by atoms with Gasteiger partial charge in [0.15, 0.2) is 0 Å². The predicted molar refractivity (Wildman–Crippen MR) is 81.7 cm³/mol. The molecule has 2 heterocycles. The zero-order valence-electron chi connectivity index (χ0n) is 11.8. The highest BCUT2D eigenvalue weighted by atomic mass is 16.1. The summed E-state index contributed by atoms with van der Waals surface area (Å²) in [6.45, 7) is 0.688. The first kappa shape index (κ1) is 13.8. The zero-order valence-corrected chi connectivity index (χ0v) is 11.8. The maximum atomic E-state index is 11.3. The van der Waals surface area contributed by atoms with Crippen molar-refractivity contribution in [2.24, 2.45) is 0 Å². The molecule has 0 radical (unpaired) electrons. The van der Waals surface area contributed by atoms with Crippen LogP contribution in [0.3, 0.4) is 0 Å². The van der Waals surface area contributed by atoms with Crippen molar-refractivity contribution in [3.05, 3.63) is 66.0 Å². The summed E-state index contributed by atoms with van der Waals surface area (Å²) < 4.78 is 0.